The van der Waals surface area contributed by atoms with E-state index in [0.29, 0.717) is 89.1 Å². The van der Waals surface area contributed by atoms with E-state index in [1.165, 1.54) is 90.8 Å². The van der Waals surface area contributed by atoms with Crippen LogP contribution in [0.3, 0.4) is 0 Å². The fraction of sp³-hybridized carbons (Fsp3) is 0.333. The predicted octanol–water partition coefficient (Wildman–Crippen LogP) is 33.6. The fourth-order valence-electron chi connectivity index (χ4n) is 16.4. The van der Waals surface area contributed by atoms with E-state index in [2.05, 4.69) is 84.9 Å². The number of carbonyl (C=O) groups is 4. The van der Waals surface area contributed by atoms with Crippen molar-refractivity contribution in [3.05, 3.63) is 378 Å². The normalized spacial score (nSPS) is 12.8. The van der Waals surface area contributed by atoms with Crippen LogP contribution in [0.25, 0.3) is 44.5 Å². The molecule has 0 bridgehead atoms. The summed E-state index contributed by atoms with van der Waals surface area (Å²) in [5.74, 6) is 0.147. The van der Waals surface area contributed by atoms with Crippen molar-refractivity contribution in [3.8, 4) is 44.5 Å². The molecule has 4 unspecified atom stereocenters. The van der Waals surface area contributed by atoms with Crippen molar-refractivity contribution in [2.24, 2.45) is 23.7 Å². The molecule has 21 heteroatoms. The first-order chi connectivity index (χ1) is 63.3. The number of halogens is 17. The van der Waals surface area contributed by atoms with Crippen LogP contribution in [0.5, 0.6) is 0 Å². The van der Waals surface area contributed by atoms with Crippen molar-refractivity contribution in [3.63, 3.8) is 0 Å². The SMILES string of the molecule is CC(=O)C(CC(C)C)c1cc(CCc2ccc(C(F)(F)F)cc2)cc(-c2ccc(C(F)(F)F)cc2)c1.CC(=O)C(CC(C)C)c1cc(CCc2ccc(C)cc2)cc(-c2ccc(C(F)(F)F)cc2)c1.CC(=O)C(CC(C)C)c1cc(CCc2ccc(Cl)cc2)cc(-c2ccc(C(F)(F)F)cc2)c1.CC(=O)C(CC(C)C)c1cc(CCc2ccc(F)cc2)cc(-c2ccc(C(F)(F)F)cc2)c1. The molecule has 12 aromatic carbocycles. The molecule has 0 amide bonds. The summed E-state index contributed by atoms with van der Waals surface area (Å²) < 4.78 is 208. The molecule has 0 saturated heterocycles. The van der Waals surface area contributed by atoms with Crippen LogP contribution in [-0.2, 0) is 101 Å². The molecule has 0 fully saturated rings. The largest absolute Gasteiger partial charge is 0.416 e. The Morgan fingerprint density at radius 2 is 0.415 bits per heavy atom. The van der Waals surface area contributed by atoms with Crippen molar-refractivity contribution in [1.29, 1.82) is 0 Å². The van der Waals surface area contributed by atoms with E-state index in [0.717, 1.165) is 177 Å². The molecule has 0 heterocycles. The van der Waals surface area contributed by atoms with Gasteiger partial charge in [-0.2, -0.15) is 65.9 Å². The second-order valence-corrected chi connectivity index (χ2v) is 37.2. The van der Waals surface area contributed by atoms with Crippen LogP contribution in [-0.4, -0.2) is 23.1 Å². The summed E-state index contributed by atoms with van der Waals surface area (Å²) in [7, 11) is 0. The van der Waals surface area contributed by atoms with Gasteiger partial charge in [0.15, 0.2) is 0 Å². The Kier molecular flexibility index (Phi) is 37.9. The molecule has 12 rings (SSSR count). The monoisotopic (exact) mass is 1890 g/mol. The Bertz CT molecular complexity index is 5440. The molecule has 714 valence electrons. The van der Waals surface area contributed by atoms with Crippen molar-refractivity contribution in [2.45, 2.75) is 222 Å². The van der Waals surface area contributed by atoms with Gasteiger partial charge in [0.1, 0.15) is 29.0 Å². The highest BCUT2D eigenvalue weighted by Crippen LogP contribution is 2.42. The molecule has 0 saturated carbocycles. The van der Waals surface area contributed by atoms with E-state index in [-0.39, 0.29) is 58.5 Å². The number of alkyl halides is 15. The molecule has 0 aromatic heterocycles. The van der Waals surface area contributed by atoms with Crippen LogP contribution in [0.1, 0.15) is 233 Å². The number of rotatable bonds is 32. The lowest BCUT2D eigenvalue weighted by Crippen LogP contribution is -2.12. The number of Topliss-reactive ketones (excluding diaryl/α,β-unsaturated/α-hetero) is 4. The van der Waals surface area contributed by atoms with E-state index in [1.807, 2.05) is 98.8 Å². The van der Waals surface area contributed by atoms with Crippen LogP contribution in [0.2, 0.25) is 5.02 Å². The van der Waals surface area contributed by atoms with Gasteiger partial charge < -0.3 is 0 Å². The third-order valence-corrected chi connectivity index (χ3v) is 23.9. The fourth-order valence-corrected chi connectivity index (χ4v) is 16.6. The molecule has 135 heavy (non-hydrogen) atoms. The maximum Gasteiger partial charge on any atom is 0.416 e. The lowest BCUT2D eigenvalue weighted by atomic mass is 9.84. The van der Waals surface area contributed by atoms with Crippen LogP contribution < -0.4 is 0 Å². The highest BCUT2D eigenvalue weighted by molar-refractivity contribution is 6.30. The lowest BCUT2D eigenvalue weighted by molar-refractivity contribution is -0.138. The summed E-state index contributed by atoms with van der Waals surface area (Å²) in [5, 5.41) is 0.684. The molecule has 0 aliphatic rings. The minimum atomic E-state index is -4.44. The molecule has 0 aliphatic carbocycles. The van der Waals surface area contributed by atoms with Gasteiger partial charge in [-0.25, -0.2) is 4.39 Å². The van der Waals surface area contributed by atoms with Gasteiger partial charge in [0.25, 0.3) is 0 Å². The summed E-state index contributed by atoms with van der Waals surface area (Å²) >= 11 is 5.98. The van der Waals surface area contributed by atoms with E-state index >= 15 is 0 Å². The van der Waals surface area contributed by atoms with Gasteiger partial charge in [-0.3, -0.25) is 19.2 Å². The molecule has 0 N–H and O–H groups in total. The standard InChI is InChI=1S/C29H28F6O.C29H31F3O.C28H28ClF3O.C28H28F4O/c1-18(2)14-27(19(3)36)24-16-21(5-4-20-6-10-25(11-7-20)28(30,31)32)15-23(17-24)22-8-12-26(13-9-22)29(33,34)35;1-19(2)15-28(21(4)33)26-17-23(10-9-22-7-5-20(3)6-8-22)16-25(18-26)24-11-13-27(14-12-24)29(30,31)32;2*1-18(2)14-27(19(3)33)24-16-21(5-4-20-6-12-26(29)13-7-20)15-23(17-24)22-8-10-25(11-9-22)28(30,31)32/h6-13,15-18,27H,4-5,14H2,1-3H3;5-8,11-14,16-19,28H,9-10,15H2,1-4H3;2*6-13,15-18,27H,4-5,14H2,1-3H3. The molecule has 0 radical (unpaired) electrons. The topological polar surface area (TPSA) is 68.3 Å². The first-order valence-corrected chi connectivity index (χ1v) is 45.7. The van der Waals surface area contributed by atoms with Gasteiger partial charge in [0.2, 0.25) is 0 Å². The van der Waals surface area contributed by atoms with Gasteiger partial charge in [0, 0.05) is 28.7 Å². The summed E-state index contributed by atoms with van der Waals surface area (Å²) in [4.78, 5) is 49.9. The Hall–Kier alpha value is -11.5. The Morgan fingerprint density at radius 1 is 0.237 bits per heavy atom. The highest BCUT2D eigenvalue weighted by Gasteiger charge is 2.35. The van der Waals surface area contributed by atoms with E-state index < -0.39 is 58.7 Å². The molecule has 4 atom stereocenters. The number of aryl methyl sites for hydroxylation is 9. The zero-order chi connectivity index (χ0) is 99.2. The highest BCUT2D eigenvalue weighted by atomic mass is 35.5. The average molecular weight is 1890 g/mol. The summed E-state index contributed by atoms with van der Waals surface area (Å²) in [6.45, 7) is 24.9. The quantitative estimate of drug-likeness (QED) is 0.0394. The predicted molar refractivity (Wildman–Crippen MR) is 509 cm³/mol. The molecule has 0 spiro atoms. The van der Waals surface area contributed by atoms with E-state index in [4.69, 9.17) is 11.6 Å². The van der Waals surface area contributed by atoms with Crippen molar-refractivity contribution in [2.75, 3.05) is 0 Å². The van der Waals surface area contributed by atoms with E-state index in [9.17, 15) is 89.4 Å². The van der Waals surface area contributed by atoms with Crippen LogP contribution in [0.4, 0.5) is 70.2 Å². The number of benzene rings is 12. The number of hydrogen-bond acceptors (Lipinski definition) is 4. The zero-order valence-electron chi connectivity index (χ0n) is 78.1. The molecular formula is C114H115ClF16O4. The average Bonchev–Trinajstić information content (AvgIpc) is 0.815. The van der Waals surface area contributed by atoms with Crippen molar-refractivity contribution < 1.29 is 89.4 Å². The minimum absolute atomic E-state index is 0.00181. The van der Waals surface area contributed by atoms with Gasteiger partial charge in [0.05, 0.1) is 27.8 Å². The van der Waals surface area contributed by atoms with Crippen LogP contribution in [0.15, 0.2) is 267 Å². The van der Waals surface area contributed by atoms with Crippen LogP contribution >= 0.6 is 11.6 Å². The smallest absolute Gasteiger partial charge is 0.299 e. The molecule has 4 nitrogen and oxygen atoms in total. The summed E-state index contributed by atoms with van der Waals surface area (Å²) in [6, 6.07) is 71.5. The number of carbonyl (C=O) groups excluding carboxylic acids is 4. The molecule has 0 aliphatic heterocycles. The molecular weight excluding hydrogens is 1770 g/mol. The Labute approximate surface area is 787 Å². The van der Waals surface area contributed by atoms with Crippen molar-refractivity contribution >= 4 is 34.7 Å². The van der Waals surface area contributed by atoms with Gasteiger partial charge in [-0.15, -0.1) is 0 Å². The Balaban J connectivity index is 0.000000202. The van der Waals surface area contributed by atoms with Crippen molar-refractivity contribution in [1.82, 2.24) is 0 Å². The second kappa shape index (κ2) is 47.8. The zero-order valence-corrected chi connectivity index (χ0v) is 78.8. The lowest BCUT2D eigenvalue weighted by Gasteiger charge is -2.19. The first-order valence-electron chi connectivity index (χ1n) is 45.3. The molecule has 12 aromatic rings. The van der Waals surface area contributed by atoms with Gasteiger partial charge in [-0.05, 0) is 332 Å². The summed E-state index contributed by atoms with van der Waals surface area (Å²) in [6.07, 6.45) is -13.7. The van der Waals surface area contributed by atoms with Gasteiger partial charge >= 0.3 is 30.9 Å². The van der Waals surface area contributed by atoms with E-state index in [1.54, 1.807) is 32.9 Å². The minimum Gasteiger partial charge on any atom is -0.299 e. The Morgan fingerprint density at radius 3 is 0.607 bits per heavy atom. The maximum atomic E-state index is 13.2. The second-order valence-electron chi connectivity index (χ2n) is 36.8. The van der Waals surface area contributed by atoms with Crippen LogP contribution in [0, 0.1) is 36.4 Å². The third kappa shape index (κ3) is 33.5. The van der Waals surface area contributed by atoms with Gasteiger partial charge in [-0.1, -0.05) is 255 Å². The third-order valence-electron chi connectivity index (χ3n) is 23.7. The first kappa shape index (κ1) is 107. The summed E-state index contributed by atoms with van der Waals surface area (Å²) in [5.41, 5.74) is 15.1. The number of hydrogen-bond donors (Lipinski definition) is 0. The maximum absolute atomic E-state index is 13.2. The number of ketones is 4.